The SMILES string of the molecule is CCOC1NC=C(C)C2=C1C(C1C(OC)=CC(C#N)=CC1C)C(C(=O)OCCC#N)=C(C)N2. The Labute approximate surface area is 194 Å². The zero-order chi connectivity index (χ0) is 24.1. The molecule has 0 spiro atoms. The molecule has 4 unspecified atom stereocenters. The molecule has 2 N–H and O–H groups in total. The first-order valence-electron chi connectivity index (χ1n) is 11.1. The van der Waals surface area contributed by atoms with Gasteiger partial charge in [0.2, 0.25) is 0 Å². The summed E-state index contributed by atoms with van der Waals surface area (Å²) in [7, 11) is 1.58. The minimum atomic E-state index is -0.480. The summed E-state index contributed by atoms with van der Waals surface area (Å²) in [5.74, 6) is -0.644. The second kappa shape index (κ2) is 10.4. The van der Waals surface area contributed by atoms with Gasteiger partial charge in [-0.15, -0.1) is 0 Å². The summed E-state index contributed by atoms with van der Waals surface area (Å²) in [6, 6.07) is 4.19. The van der Waals surface area contributed by atoms with Crippen LogP contribution in [0.2, 0.25) is 0 Å². The van der Waals surface area contributed by atoms with Crippen LogP contribution in [0.5, 0.6) is 0 Å². The van der Waals surface area contributed by atoms with Crippen molar-refractivity contribution in [3.05, 3.63) is 57.8 Å². The Kier molecular flexibility index (Phi) is 7.63. The number of methoxy groups -OCH3 is 1. The highest BCUT2D eigenvalue weighted by atomic mass is 16.5. The molecule has 0 fully saturated rings. The van der Waals surface area contributed by atoms with E-state index in [9.17, 15) is 10.1 Å². The van der Waals surface area contributed by atoms with Gasteiger partial charge < -0.3 is 24.8 Å². The summed E-state index contributed by atoms with van der Waals surface area (Å²) in [5, 5.41) is 25.0. The molecule has 4 atom stereocenters. The molecule has 3 aliphatic rings. The van der Waals surface area contributed by atoms with E-state index in [4.69, 9.17) is 19.5 Å². The Morgan fingerprint density at radius 1 is 1.27 bits per heavy atom. The fourth-order valence-electron chi connectivity index (χ4n) is 4.76. The number of allylic oxidation sites excluding steroid dienone is 6. The first-order chi connectivity index (χ1) is 15.9. The maximum absolute atomic E-state index is 13.3. The van der Waals surface area contributed by atoms with Crippen LogP contribution in [0.1, 0.15) is 34.1 Å². The molecule has 0 aromatic carbocycles. The molecule has 0 aromatic rings. The average molecular weight is 451 g/mol. The molecule has 0 saturated heterocycles. The molecule has 33 heavy (non-hydrogen) atoms. The molecule has 0 radical (unpaired) electrons. The number of dihydropyridines is 2. The van der Waals surface area contributed by atoms with Gasteiger partial charge in [0.25, 0.3) is 0 Å². The van der Waals surface area contributed by atoms with E-state index in [2.05, 4.69) is 16.7 Å². The van der Waals surface area contributed by atoms with Crippen LogP contribution in [0.4, 0.5) is 0 Å². The van der Waals surface area contributed by atoms with E-state index in [1.165, 1.54) is 0 Å². The van der Waals surface area contributed by atoms with E-state index in [0.717, 1.165) is 16.8 Å². The van der Waals surface area contributed by atoms with Crippen molar-refractivity contribution < 1.29 is 19.0 Å². The van der Waals surface area contributed by atoms with Crippen LogP contribution in [-0.2, 0) is 19.0 Å². The second-order valence-electron chi connectivity index (χ2n) is 8.21. The highest BCUT2D eigenvalue weighted by Gasteiger charge is 2.46. The topological polar surface area (TPSA) is 116 Å². The van der Waals surface area contributed by atoms with Gasteiger partial charge in [-0.25, -0.2) is 4.79 Å². The summed E-state index contributed by atoms with van der Waals surface area (Å²) in [5.41, 5.74) is 4.47. The van der Waals surface area contributed by atoms with Crippen LogP contribution in [0.15, 0.2) is 57.8 Å². The van der Waals surface area contributed by atoms with Gasteiger partial charge in [0.15, 0.2) is 6.23 Å². The van der Waals surface area contributed by atoms with Crippen molar-refractivity contribution in [1.82, 2.24) is 10.6 Å². The number of carbonyl (C=O) groups excluding carboxylic acids is 1. The number of hydrogen-bond acceptors (Lipinski definition) is 8. The molecular formula is C25H30N4O4. The summed E-state index contributed by atoms with van der Waals surface area (Å²) in [6.07, 6.45) is 5.20. The van der Waals surface area contributed by atoms with Gasteiger partial charge in [-0.05, 0) is 38.3 Å². The highest BCUT2D eigenvalue weighted by Crippen LogP contribution is 2.47. The largest absolute Gasteiger partial charge is 0.501 e. The van der Waals surface area contributed by atoms with Crippen molar-refractivity contribution in [3.63, 3.8) is 0 Å². The molecule has 8 nitrogen and oxygen atoms in total. The average Bonchev–Trinajstić information content (AvgIpc) is 2.80. The molecule has 0 saturated carbocycles. The van der Waals surface area contributed by atoms with Crippen LogP contribution in [0.25, 0.3) is 0 Å². The van der Waals surface area contributed by atoms with E-state index < -0.39 is 18.1 Å². The standard InChI is InChI=1S/C25H30N4O4/c1-6-32-24-22-21(19-14(2)10-17(12-27)11-18(19)31-5)20(25(30)33-9-7-8-26)16(4)29-23(22)15(3)13-28-24/h10-11,13-14,19,21,24,28-29H,6-7,9H2,1-5H3. The number of nitrogens with zero attached hydrogens (tertiary/aromatic N) is 2. The van der Waals surface area contributed by atoms with Gasteiger partial charge in [-0.1, -0.05) is 13.0 Å². The van der Waals surface area contributed by atoms with E-state index in [1.54, 1.807) is 13.2 Å². The van der Waals surface area contributed by atoms with E-state index in [0.29, 0.717) is 29.2 Å². The molecule has 3 rings (SSSR count). The monoisotopic (exact) mass is 450 g/mol. The Morgan fingerprint density at radius 2 is 2.03 bits per heavy atom. The molecule has 2 aliphatic heterocycles. The predicted octanol–water partition coefficient (Wildman–Crippen LogP) is 3.31. The molecular weight excluding hydrogens is 420 g/mol. The zero-order valence-corrected chi connectivity index (χ0v) is 19.7. The summed E-state index contributed by atoms with van der Waals surface area (Å²) < 4.78 is 17.3. The maximum Gasteiger partial charge on any atom is 0.336 e. The quantitative estimate of drug-likeness (QED) is 0.448. The number of ether oxygens (including phenoxy) is 3. The third-order valence-corrected chi connectivity index (χ3v) is 6.14. The van der Waals surface area contributed by atoms with Crippen LogP contribution >= 0.6 is 0 Å². The molecule has 0 aromatic heterocycles. The zero-order valence-electron chi connectivity index (χ0n) is 19.7. The Bertz CT molecular complexity index is 1050. The van der Waals surface area contributed by atoms with Crippen molar-refractivity contribution in [2.75, 3.05) is 20.3 Å². The van der Waals surface area contributed by atoms with Gasteiger partial charge in [-0.3, -0.25) is 0 Å². The Balaban J connectivity index is 2.18. The maximum atomic E-state index is 13.3. The Hall–Kier alpha value is -3.49. The van der Waals surface area contributed by atoms with Gasteiger partial charge >= 0.3 is 5.97 Å². The van der Waals surface area contributed by atoms with E-state index in [1.807, 2.05) is 46.0 Å². The summed E-state index contributed by atoms with van der Waals surface area (Å²) >= 11 is 0. The number of esters is 1. The number of hydrogen-bond donors (Lipinski definition) is 2. The van der Waals surface area contributed by atoms with Crippen molar-refractivity contribution in [2.24, 2.45) is 17.8 Å². The number of nitrogens with one attached hydrogen (secondary N) is 2. The third kappa shape index (κ3) is 4.67. The van der Waals surface area contributed by atoms with Crippen molar-refractivity contribution in [1.29, 1.82) is 10.5 Å². The molecule has 174 valence electrons. The van der Waals surface area contributed by atoms with Crippen molar-refractivity contribution >= 4 is 5.97 Å². The fourth-order valence-corrected chi connectivity index (χ4v) is 4.76. The highest BCUT2D eigenvalue weighted by molar-refractivity contribution is 5.91. The number of carbonyl (C=O) groups is 1. The molecule has 8 heteroatoms. The minimum absolute atomic E-state index is 0.0164. The summed E-state index contributed by atoms with van der Waals surface area (Å²) in [6.45, 7) is 8.26. The van der Waals surface area contributed by atoms with Gasteiger partial charge in [-0.2, -0.15) is 10.5 Å². The predicted molar refractivity (Wildman–Crippen MR) is 121 cm³/mol. The number of rotatable bonds is 7. The lowest BCUT2D eigenvalue weighted by Gasteiger charge is -2.43. The van der Waals surface area contributed by atoms with Gasteiger partial charge in [0.05, 0.1) is 36.8 Å². The minimum Gasteiger partial charge on any atom is -0.501 e. The van der Waals surface area contributed by atoms with Crippen LogP contribution < -0.4 is 10.6 Å². The lowest BCUT2D eigenvalue weighted by atomic mass is 9.67. The normalized spacial score (nSPS) is 26.5. The van der Waals surface area contributed by atoms with Crippen LogP contribution in [0, 0.1) is 40.4 Å². The molecule has 0 amide bonds. The lowest BCUT2D eigenvalue weighted by molar-refractivity contribution is -0.139. The van der Waals surface area contributed by atoms with Crippen molar-refractivity contribution in [3.8, 4) is 12.1 Å². The lowest BCUT2D eigenvalue weighted by Crippen LogP contribution is -2.47. The van der Waals surface area contributed by atoms with Gasteiger partial charge in [0.1, 0.15) is 12.4 Å². The van der Waals surface area contributed by atoms with Crippen LogP contribution in [0.3, 0.4) is 0 Å². The first kappa shape index (κ1) is 24.2. The third-order valence-electron chi connectivity index (χ3n) is 6.14. The molecule has 2 heterocycles. The second-order valence-corrected chi connectivity index (χ2v) is 8.21. The van der Waals surface area contributed by atoms with Gasteiger partial charge in [0, 0.05) is 41.6 Å². The smallest absolute Gasteiger partial charge is 0.336 e. The fraction of sp³-hybridized carbons (Fsp3) is 0.480. The first-order valence-corrected chi connectivity index (χ1v) is 11.1. The molecule has 0 bridgehead atoms. The Morgan fingerprint density at radius 3 is 2.67 bits per heavy atom. The number of nitriles is 2. The van der Waals surface area contributed by atoms with Crippen LogP contribution in [-0.4, -0.2) is 32.5 Å². The summed E-state index contributed by atoms with van der Waals surface area (Å²) in [4.78, 5) is 13.3. The molecule has 1 aliphatic carbocycles. The van der Waals surface area contributed by atoms with E-state index in [-0.39, 0.29) is 24.9 Å². The van der Waals surface area contributed by atoms with Crippen molar-refractivity contribution in [2.45, 2.75) is 40.3 Å². The van der Waals surface area contributed by atoms with E-state index >= 15 is 0 Å².